The summed E-state index contributed by atoms with van der Waals surface area (Å²) in [6.45, 7) is 3.59. The standard InChI is InChI=1S/C18H20N4O2/c1-3-13-16(2)23-14(12-7-5-4-6-8-12)17(9-19,10-20)18(13,11-21)15(22)24-16/h4-5,12-14,22H,3,6-8H2,1-2H3. The Morgan fingerprint density at radius 1 is 1.25 bits per heavy atom. The van der Waals surface area contributed by atoms with Crippen molar-refractivity contribution in [1.29, 1.82) is 21.2 Å². The highest BCUT2D eigenvalue weighted by Gasteiger charge is 2.79. The molecule has 124 valence electrons. The van der Waals surface area contributed by atoms with Gasteiger partial charge in [0.15, 0.2) is 10.8 Å². The Hall–Kier alpha value is -2.36. The Morgan fingerprint density at radius 2 is 1.96 bits per heavy atom. The molecular weight excluding hydrogens is 304 g/mol. The van der Waals surface area contributed by atoms with Crippen LogP contribution in [0.3, 0.4) is 0 Å². The highest BCUT2D eigenvalue weighted by atomic mass is 16.7. The van der Waals surface area contributed by atoms with Crippen LogP contribution in [-0.4, -0.2) is 17.8 Å². The molecule has 0 saturated carbocycles. The number of allylic oxidation sites excluding steroid dienone is 2. The molecule has 1 aliphatic carbocycles. The van der Waals surface area contributed by atoms with E-state index < -0.39 is 28.6 Å². The molecule has 6 heteroatoms. The molecule has 2 bridgehead atoms. The van der Waals surface area contributed by atoms with Gasteiger partial charge in [-0.25, -0.2) is 0 Å². The Labute approximate surface area is 141 Å². The van der Waals surface area contributed by atoms with E-state index in [1.807, 2.05) is 13.0 Å². The molecule has 2 heterocycles. The fraction of sp³-hybridized carbons (Fsp3) is 0.667. The second-order valence-electron chi connectivity index (χ2n) is 6.94. The molecule has 2 aliphatic heterocycles. The first kappa shape index (κ1) is 16.5. The van der Waals surface area contributed by atoms with E-state index in [0.717, 1.165) is 12.8 Å². The van der Waals surface area contributed by atoms with Gasteiger partial charge >= 0.3 is 0 Å². The molecule has 0 spiro atoms. The maximum absolute atomic E-state index is 10.0. The van der Waals surface area contributed by atoms with Crippen LogP contribution in [-0.2, 0) is 9.47 Å². The molecule has 2 saturated heterocycles. The molecule has 0 amide bonds. The van der Waals surface area contributed by atoms with Crippen molar-refractivity contribution in [2.45, 2.75) is 51.4 Å². The van der Waals surface area contributed by atoms with Gasteiger partial charge in [0.2, 0.25) is 11.7 Å². The van der Waals surface area contributed by atoms with Crippen LogP contribution in [0.4, 0.5) is 0 Å². The van der Waals surface area contributed by atoms with Crippen molar-refractivity contribution in [1.82, 2.24) is 0 Å². The minimum Gasteiger partial charge on any atom is -0.448 e. The van der Waals surface area contributed by atoms with E-state index in [0.29, 0.717) is 12.8 Å². The third-order valence-electron chi connectivity index (χ3n) is 5.90. The monoisotopic (exact) mass is 324 g/mol. The fourth-order valence-electron chi connectivity index (χ4n) is 4.79. The number of ether oxygens (including phenoxy) is 2. The molecule has 5 atom stereocenters. The second-order valence-corrected chi connectivity index (χ2v) is 6.94. The molecule has 24 heavy (non-hydrogen) atoms. The Kier molecular flexibility index (Phi) is 3.67. The molecule has 1 N–H and O–H groups in total. The first-order valence-electron chi connectivity index (χ1n) is 8.30. The first-order valence-corrected chi connectivity index (χ1v) is 8.30. The average molecular weight is 324 g/mol. The van der Waals surface area contributed by atoms with Crippen LogP contribution < -0.4 is 0 Å². The lowest BCUT2D eigenvalue weighted by Crippen LogP contribution is -2.63. The zero-order chi connectivity index (χ0) is 17.6. The van der Waals surface area contributed by atoms with E-state index in [1.165, 1.54) is 0 Å². The normalized spacial score (nSPS) is 42.5. The highest BCUT2D eigenvalue weighted by molar-refractivity contribution is 5.89. The van der Waals surface area contributed by atoms with Gasteiger partial charge in [-0.05, 0) is 31.6 Å². The summed E-state index contributed by atoms with van der Waals surface area (Å²) in [6.07, 6.45) is 6.15. The summed E-state index contributed by atoms with van der Waals surface area (Å²) in [5, 5.41) is 38.3. The van der Waals surface area contributed by atoms with Gasteiger partial charge in [-0.1, -0.05) is 19.1 Å². The van der Waals surface area contributed by atoms with Crippen LogP contribution in [0.15, 0.2) is 12.2 Å². The van der Waals surface area contributed by atoms with Gasteiger partial charge in [0, 0.05) is 6.92 Å². The minimum absolute atomic E-state index is 0.0475. The predicted octanol–water partition coefficient (Wildman–Crippen LogP) is 3.03. The summed E-state index contributed by atoms with van der Waals surface area (Å²) < 4.78 is 11.9. The van der Waals surface area contributed by atoms with E-state index in [1.54, 1.807) is 6.92 Å². The van der Waals surface area contributed by atoms with Gasteiger partial charge < -0.3 is 9.47 Å². The van der Waals surface area contributed by atoms with Crippen LogP contribution in [0.5, 0.6) is 0 Å². The third kappa shape index (κ3) is 1.68. The van der Waals surface area contributed by atoms with Crippen LogP contribution in [0.25, 0.3) is 0 Å². The maximum atomic E-state index is 10.0. The van der Waals surface area contributed by atoms with Crippen molar-refractivity contribution in [2.24, 2.45) is 22.7 Å². The SMILES string of the molecule is CCC1C2(C)OC(=N)C1(C#N)C(C#N)(C#N)C(C1CC=CCC1)O2. The number of nitrogens with one attached hydrogen (secondary N) is 1. The summed E-state index contributed by atoms with van der Waals surface area (Å²) in [4.78, 5) is 0. The van der Waals surface area contributed by atoms with Gasteiger partial charge in [-0.3, -0.25) is 5.41 Å². The zero-order valence-electron chi connectivity index (χ0n) is 13.9. The number of hydrogen-bond donors (Lipinski definition) is 1. The zero-order valence-corrected chi connectivity index (χ0v) is 13.9. The van der Waals surface area contributed by atoms with Crippen LogP contribution in [0, 0.1) is 62.1 Å². The topological polar surface area (TPSA) is 114 Å². The summed E-state index contributed by atoms with van der Waals surface area (Å²) in [5.41, 5.74) is -3.34. The summed E-state index contributed by atoms with van der Waals surface area (Å²) in [6, 6.07) is 6.34. The lowest BCUT2D eigenvalue weighted by atomic mass is 9.52. The number of nitrogens with zero attached hydrogens (tertiary/aromatic N) is 3. The largest absolute Gasteiger partial charge is 0.448 e. The Balaban J connectivity index is 2.23. The maximum Gasteiger partial charge on any atom is 0.214 e. The van der Waals surface area contributed by atoms with Crippen LogP contribution in [0.1, 0.15) is 39.5 Å². The summed E-state index contributed by atoms with van der Waals surface area (Å²) in [7, 11) is 0. The molecule has 0 aromatic heterocycles. The average Bonchev–Trinajstić information content (AvgIpc) is 2.78. The van der Waals surface area contributed by atoms with E-state index in [4.69, 9.17) is 14.9 Å². The van der Waals surface area contributed by atoms with Crippen LogP contribution in [0.2, 0.25) is 0 Å². The Bertz CT molecular complexity index is 711. The fourth-order valence-corrected chi connectivity index (χ4v) is 4.79. The number of hydrogen-bond acceptors (Lipinski definition) is 6. The van der Waals surface area contributed by atoms with E-state index in [2.05, 4.69) is 24.3 Å². The lowest BCUT2D eigenvalue weighted by Gasteiger charge is -2.50. The number of fused-ring (bicyclic) bond motifs is 2. The minimum atomic E-state index is -1.74. The Morgan fingerprint density at radius 3 is 2.46 bits per heavy atom. The van der Waals surface area contributed by atoms with E-state index in [9.17, 15) is 15.8 Å². The third-order valence-corrected chi connectivity index (χ3v) is 5.90. The molecule has 6 nitrogen and oxygen atoms in total. The molecular formula is C18H20N4O2. The van der Waals surface area contributed by atoms with Crippen LogP contribution >= 0.6 is 0 Å². The second kappa shape index (κ2) is 5.33. The van der Waals surface area contributed by atoms with Gasteiger partial charge in [0.25, 0.3) is 0 Å². The quantitative estimate of drug-likeness (QED) is 0.784. The van der Waals surface area contributed by atoms with Crippen molar-refractivity contribution < 1.29 is 9.47 Å². The summed E-state index contributed by atoms with van der Waals surface area (Å²) >= 11 is 0. The van der Waals surface area contributed by atoms with Gasteiger partial charge in [-0.2, -0.15) is 15.8 Å². The lowest BCUT2D eigenvalue weighted by molar-refractivity contribution is -0.281. The molecule has 2 fully saturated rings. The summed E-state index contributed by atoms with van der Waals surface area (Å²) in [5.74, 6) is -2.04. The van der Waals surface area contributed by atoms with Crippen molar-refractivity contribution in [2.75, 3.05) is 0 Å². The molecule has 0 radical (unpaired) electrons. The molecule has 5 unspecified atom stereocenters. The van der Waals surface area contributed by atoms with Gasteiger partial charge in [0.1, 0.15) is 0 Å². The van der Waals surface area contributed by atoms with Crippen molar-refractivity contribution in [3.05, 3.63) is 12.2 Å². The first-order chi connectivity index (χ1) is 11.5. The predicted molar refractivity (Wildman–Crippen MR) is 84.1 cm³/mol. The number of rotatable bonds is 2. The van der Waals surface area contributed by atoms with E-state index >= 15 is 0 Å². The van der Waals surface area contributed by atoms with Crippen molar-refractivity contribution in [3.63, 3.8) is 0 Å². The smallest absolute Gasteiger partial charge is 0.214 e. The molecule has 0 aromatic rings. The molecule has 3 aliphatic rings. The number of nitriles is 3. The van der Waals surface area contributed by atoms with Crippen molar-refractivity contribution in [3.8, 4) is 18.2 Å². The molecule has 0 aromatic carbocycles. The highest BCUT2D eigenvalue weighted by Crippen LogP contribution is 2.64. The molecule has 3 rings (SSSR count). The van der Waals surface area contributed by atoms with E-state index in [-0.39, 0.29) is 11.8 Å². The van der Waals surface area contributed by atoms with Gasteiger partial charge in [0.05, 0.1) is 30.2 Å². The van der Waals surface area contributed by atoms with Gasteiger partial charge in [-0.15, -0.1) is 0 Å². The van der Waals surface area contributed by atoms with Crippen molar-refractivity contribution >= 4 is 5.90 Å².